The lowest BCUT2D eigenvalue weighted by atomic mass is 10.3. The van der Waals surface area contributed by atoms with Crippen LogP contribution in [0.3, 0.4) is 0 Å². The zero-order valence-corrected chi connectivity index (χ0v) is 30.6. The molecular formula is C27H57N9O3Si3. The molecule has 3 aliphatic rings. The van der Waals surface area contributed by atoms with Crippen LogP contribution in [0, 0.1) is 0 Å². The second kappa shape index (κ2) is 14.3. The van der Waals surface area contributed by atoms with E-state index < -0.39 is 24.7 Å². The van der Waals surface area contributed by atoms with Crippen LogP contribution in [-0.4, -0.2) is 177 Å². The van der Waals surface area contributed by atoms with Crippen molar-refractivity contribution in [1.29, 1.82) is 0 Å². The Morgan fingerprint density at radius 1 is 0.524 bits per heavy atom. The molecule has 0 spiro atoms. The van der Waals surface area contributed by atoms with E-state index in [9.17, 15) is 5.11 Å². The standard InChI is InChI=1S/C27H57N9O3Si3/c1-38-41(5,6)22-32-11-17-35(18-12-32)26-28-25(34-15-9-31(10-16-34)21-40(3,4)24-37)29-27(30-26)36-19-13-33(14-20-36)23-42(7,8)39-2/h37H,9-24H2,1-8H3. The smallest absolute Gasteiger partial charge is 0.232 e. The molecule has 1 aromatic rings. The summed E-state index contributed by atoms with van der Waals surface area (Å²) in [6.45, 7) is 25.1. The van der Waals surface area contributed by atoms with E-state index in [4.69, 9.17) is 23.8 Å². The SMILES string of the molecule is CO[Si](C)(C)CN1CCN(c2nc(N3CCN(C[Si](C)(C)CO)CC3)nc(N3CCN(C[Si](C)(C)OC)CC3)n2)CC1. The van der Waals surface area contributed by atoms with Crippen molar-refractivity contribution in [3.8, 4) is 0 Å². The van der Waals surface area contributed by atoms with E-state index in [-0.39, 0.29) is 0 Å². The molecule has 4 heterocycles. The van der Waals surface area contributed by atoms with E-state index in [1.807, 2.05) is 14.2 Å². The van der Waals surface area contributed by atoms with E-state index in [1.165, 1.54) is 0 Å². The lowest BCUT2D eigenvalue weighted by Crippen LogP contribution is -2.54. The summed E-state index contributed by atoms with van der Waals surface area (Å²) in [5, 5.41) is 9.81. The fourth-order valence-corrected chi connectivity index (χ4v) is 10.6. The molecule has 0 aliphatic carbocycles. The molecule has 0 amide bonds. The summed E-state index contributed by atoms with van der Waals surface area (Å²) in [6.07, 6.45) is 3.48. The summed E-state index contributed by atoms with van der Waals surface area (Å²) in [4.78, 5) is 29.9. The third-order valence-electron chi connectivity index (χ3n) is 8.96. The molecule has 15 heteroatoms. The monoisotopic (exact) mass is 639 g/mol. The van der Waals surface area contributed by atoms with Crippen molar-refractivity contribution in [2.24, 2.45) is 0 Å². The number of aliphatic hydroxyl groups is 1. The number of rotatable bonds is 12. The van der Waals surface area contributed by atoms with Gasteiger partial charge in [-0.1, -0.05) is 13.1 Å². The molecule has 42 heavy (non-hydrogen) atoms. The van der Waals surface area contributed by atoms with Crippen molar-refractivity contribution in [3.63, 3.8) is 0 Å². The first-order valence-corrected chi connectivity index (χ1v) is 25.4. The number of aromatic nitrogens is 3. The van der Waals surface area contributed by atoms with Gasteiger partial charge in [0.15, 0.2) is 16.6 Å². The number of aliphatic hydroxyl groups excluding tert-OH is 1. The van der Waals surface area contributed by atoms with Gasteiger partial charge in [-0.05, 0) is 32.4 Å². The molecule has 4 rings (SSSR count). The van der Waals surface area contributed by atoms with Crippen LogP contribution in [0.15, 0.2) is 0 Å². The second-order valence-corrected chi connectivity index (χ2v) is 27.7. The zero-order valence-electron chi connectivity index (χ0n) is 27.6. The Bertz CT molecular complexity index is 862. The first kappa shape index (κ1) is 33.7. The number of nitrogens with zero attached hydrogens (tertiary/aromatic N) is 9. The summed E-state index contributed by atoms with van der Waals surface area (Å²) in [5.74, 6) is 2.42. The van der Waals surface area contributed by atoms with E-state index in [0.29, 0.717) is 6.23 Å². The fraction of sp³-hybridized carbons (Fsp3) is 0.889. The quantitative estimate of drug-likeness (QED) is 0.328. The minimum atomic E-state index is -1.65. The number of hydrogen-bond donors (Lipinski definition) is 1. The van der Waals surface area contributed by atoms with Gasteiger partial charge in [-0.2, -0.15) is 15.0 Å². The van der Waals surface area contributed by atoms with E-state index in [2.05, 4.69) is 68.7 Å². The van der Waals surface area contributed by atoms with Gasteiger partial charge < -0.3 is 43.4 Å². The van der Waals surface area contributed by atoms with Crippen LogP contribution in [0.5, 0.6) is 0 Å². The Labute approximate surface area is 257 Å². The maximum absolute atomic E-state index is 9.81. The van der Waals surface area contributed by atoms with Gasteiger partial charge in [-0.25, -0.2) is 0 Å². The molecule has 0 atom stereocenters. The van der Waals surface area contributed by atoms with Crippen molar-refractivity contribution >= 4 is 42.6 Å². The normalized spacial score (nSPS) is 20.9. The van der Waals surface area contributed by atoms with Gasteiger partial charge in [0.05, 0.1) is 8.07 Å². The van der Waals surface area contributed by atoms with Crippen molar-refractivity contribution in [3.05, 3.63) is 0 Å². The summed E-state index contributed by atoms with van der Waals surface area (Å²) in [6, 6.07) is 0. The topological polar surface area (TPSA) is 96.8 Å². The van der Waals surface area contributed by atoms with Crippen molar-refractivity contribution in [2.45, 2.75) is 39.3 Å². The van der Waals surface area contributed by atoms with E-state index >= 15 is 0 Å². The summed E-state index contributed by atoms with van der Waals surface area (Å²) < 4.78 is 11.6. The first-order valence-electron chi connectivity index (χ1n) is 15.7. The van der Waals surface area contributed by atoms with Crippen LogP contribution in [0.4, 0.5) is 17.8 Å². The highest BCUT2D eigenvalue weighted by Gasteiger charge is 2.32. The Balaban J connectivity index is 1.47. The predicted octanol–water partition coefficient (Wildman–Crippen LogP) is 0.798. The highest BCUT2D eigenvalue weighted by Crippen LogP contribution is 2.23. The van der Waals surface area contributed by atoms with Gasteiger partial charge in [0.1, 0.15) is 0 Å². The fourth-order valence-electron chi connectivity index (χ4n) is 5.95. The van der Waals surface area contributed by atoms with Gasteiger partial charge in [-0.3, -0.25) is 0 Å². The largest absolute Gasteiger partial charge is 0.419 e. The van der Waals surface area contributed by atoms with Crippen LogP contribution in [0.25, 0.3) is 0 Å². The van der Waals surface area contributed by atoms with Gasteiger partial charge in [-0.15, -0.1) is 0 Å². The van der Waals surface area contributed by atoms with Crippen molar-refractivity contribution in [1.82, 2.24) is 29.7 Å². The van der Waals surface area contributed by atoms with Gasteiger partial charge in [0.2, 0.25) is 17.8 Å². The molecule has 1 aromatic heterocycles. The Morgan fingerprint density at radius 2 is 0.810 bits per heavy atom. The Morgan fingerprint density at radius 3 is 1.07 bits per heavy atom. The number of hydrogen-bond acceptors (Lipinski definition) is 12. The average Bonchev–Trinajstić information content (AvgIpc) is 2.97. The molecule has 0 unspecified atom stereocenters. The molecule has 3 fully saturated rings. The molecule has 3 aliphatic heterocycles. The van der Waals surface area contributed by atoms with Crippen molar-refractivity contribution < 1.29 is 14.0 Å². The number of piperazine rings is 3. The predicted molar refractivity (Wildman–Crippen MR) is 179 cm³/mol. The maximum atomic E-state index is 9.81. The van der Waals surface area contributed by atoms with Crippen LogP contribution < -0.4 is 14.7 Å². The molecule has 1 N–H and O–H groups in total. The Kier molecular flexibility index (Phi) is 11.5. The molecule has 0 aromatic carbocycles. The average molecular weight is 640 g/mol. The minimum Gasteiger partial charge on any atom is -0.419 e. The van der Waals surface area contributed by atoms with Gasteiger partial charge >= 0.3 is 0 Å². The molecule has 12 nitrogen and oxygen atoms in total. The zero-order chi connectivity index (χ0) is 30.5. The lowest BCUT2D eigenvalue weighted by Gasteiger charge is -2.40. The summed E-state index contributed by atoms with van der Waals surface area (Å²) in [7, 11) is -1.18. The lowest BCUT2D eigenvalue weighted by molar-refractivity contribution is 0.268. The second-order valence-electron chi connectivity index (χ2n) is 14.3. The van der Waals surface area contributed by atoms with Crippen LogP contribution >= 0.6 is 0 Å². The molecular weight excluding hydrogens is 583 g/mol. The molecule has 240 valence electrons. The highest BCUT2D eigenvalue weighted by atomic mass is 28.4. The van der Waals surface area contributed by atoms with Gasteiger partial charge in [0, 0.05) is 111 Å². The Hall–Kier alpha value is -1.18. The summed E-state index contributed by atoms with van der Waals surface area (Å²) >= 11 is 0. The third-order valence-corrected chi connectivity index (χ3v) is 15.7. The molecule has 0 radical (unpaired) electrons. The van der Waals surface area contributed by atoms with E-state index in [0.717, 1.165) is 115 Å². The van der Waals surface area contributed by atoms with Crippen LogP contribution in [-0.2, 0) is 8.85 Å². The highest BCUT2D eigenvalue weighted by molar-refractivity contribution is 6.77. The van der Waals surface area contributed by atoms with Crippen LogP contribution in [0.2, 0.25) is 39.3 Å². The number of anilines is 3. The maximum Gasteiger partial charge on any atom is 0.232 e. The van der Waals surface area contributed by atoms with Crippen LogP contribution in [0.1, 0.15) is 0 Å². The van der Waals surface area contributed by atoms with Crippen molar-refractivity contribution in [2.75, 3.05) is 132 Å². The first-order chi connectivity index (χ1) is 19.8. The molecule has 0 saturated carbocycles. The molecule has 3 saturated heterocycles. The minimum absolute atomic E-state index is 0.338. The third kappa shape index (κ3) is 9.41. The summed E-state index contributed by atoms with van der Waals surface area (Å²) in [5.41, 5.74) is 0. The van der Waals surface area contributed by atoms with Gasteiger partial charge in [0.25, 0.3) is 0 Å². The molecule has 0 bridgehead atoms. The van der Waals surface area contributed by atoms with E-state index in [1.54, 1.807) is 0 Å².